The molecule has 2 atom stereocenters. The highest BCUT2D eigenvalue weighted by Gasteiger charge is 2.21. The molecule has 0 saturated carbocycles. The molecule has 3 rings (SSSR count). The van der Waals surface area contributed by atoms with Crippen molar-refractivity contribution in [2.24, 2.45) is 0 Å². The summed E-state index contributed by atoms with van der Waals surface area (Å²) in [6, 6.07) is 6.57. The number of aromatic amines is 1. The first-order chi connectivity index (χ1) is 12.9. The molecular weight excluding hydrogens is 348 g/mol. The number of hydrogen-bond donors (Lipinski definition) is 2. The minimum Gasteiger partial charge on any atom is -0.373 e. The van der Waals surface area contributed by atoms with E-state index in [-0.39, 0.29) is 35.8 Å². The van der Waals surface area contributed by atoms with Gasteiger partial charge in [0.2, 0.25) is 5.91 Å². The van der Waals surface area contributed by atoms with Gasteiger partial charge in [-0.25, -0.2) is 4.68 Å². The van der Waals surface area contributed by atoms with Gasteiger partial charge in [-0.2, -0.15) is 0 Å². The van der Waals surface area contributed by atoms with E-state index in [1.165, 1.54) is 0 Å². The van der Waals surface area contributed by atoms with Crippen molar-refractivity contribution < 1.29 is 9.53 Å². The molecule has 2 N–H and O–H groups in total. The van der Waals surface area contributed by atoms with Crippen molar-refractivity contribution in [2.75, 3.05) is 26.2 Å². The summed E-state index contributed by atoms with van der Waals surface area (Å²) in [5.74, 6) is -0.299. The fraction of sp³-hybridized carbons (Fsp3) is 0.526. The normalized spacial score (nSPS) is 20.7. The van der Waals surface area contributed by atoms with Crippen LogP contribution in [-0.2, 0) is 16.1 Å². The number of carbonyl (C=O) groups is 1. The van der Waals surface area contributed by atoms with Crippen molar-refractivity contribution in [1.29, 1.82) is 0 Å². The number of rotatable bonds is 6. The lowest BCUT2D eigenvalue weighted by Gasteiger charge is -2.35. The zero-order valence-electron chi connectivity index (χ0n) is 15.7. The SMILES string of the molecule is C[C@@H]1CN(CCCNC(=O)Cn2[nH]c(=O)c3ccccc3c2=O)C[C@@H](C)O1. The first-order valence-electron chi connectivity index (χ1n) is 9.30. The van der Waals surface area contributed by atoms with E-state index in [1.807, 2.05) is 0 Å². The van der Waals surface area contributed by atoms with E-state index >= 15 is 0 Å². The Hall–Kier alpha value is -2.45. The molecule has 0 aliphatic carbocycles. The summed E-state index contributed by atoms with van der Waals surface area (Å²) in [5.41, 5.74) is -0.759. The third kappa shape index (κ3) is 4.84. The van der Waals surface area contributed by atoms with Gasteiger partial charge in [-0.05, 0) is 32.4 Å². The van der Waals surface area contributed by atoms with Crippen LogP contribution in [0.15, 0.2) is 33.9 Å². The van der Waals surface area contributed by atoms with Crippen LogP contribution in [0, 0.1) is 0 Å². The third-order valence-corrected chi connectivity index (χ3v) is 4.65. The summed E-state index contributed by atoms with van der Waals surface area (Å²) in [6.45, 7) is 7.11. The maximum absolute atomic E-state index is 12.4. The summed E-state index contributed by atoms with van der Waals surface area (Å²) in [5, 5.41) is 5.91. The van der Waals surface area contributed by atoms with E-state index in [9.17, 15) is 14.4 Å². The van der Waals surface area contributed by atoms with Gasteiger partial charge < -0.3 is 10.1 Å². The van der Waals surface area contributed by atoms with Gasteiger partial charge in [0, 0.05) is 26.2 Å². The maximum Gasteiger partial charge on any atom is 0.273 e. The van der Waals surface area contributed by atoms with Gasteiger partial charge >= 0.3 is 0 Å². The van der Waals surface area contributed by atoms with Gasteiger partial charge in [0.25, 0.3) is 11.1 Å². The molecule has 0 spiro atoms. The number of ether oxygens (including phenoxy) is 1. The largest absolute Gasteiger partial charge is 0.373 e. The van der Waals surface area contributed by atoms with Gasteiger partial charge in [0.1, 0.15) is 6.54 Å². The molecule has 1 fully saturated rings. The highest BCUT2D eigenvalue weighted by atomic mass is 16.5. The molecule has 1 amide bonds. The van der Waals surface area contributed by atoms with Gasteiger partial charge in [-0.3, -0.25) is 24.4 Å². The Kier molecular flexibility index (Phi) is 6.08. The van der Waals surface area contributed by atoms with Crippen molar-refractivity contribution in [3.63, 3.8) is 0 Å². The molecule has 0 radical (unpaired) electrons. The zero-order valence-corrected chi connectivity index (χ0v) is 15.7. The van der Waals surface area contributed by atoms with Crippen LogP contribution in [0.25, 0.3) is 10.8 Å². The standard InChI is InChI=1S/C19H26N4O4/c1-13-10-22(11-14(2)27-13)9-5-8-20-17(24)12-23-19(26)16-7-4-3-6-15(16)18(25)21-23/h3-4,6-7,13-14H,5,8-12H2,1-2H3,(H,20,24)(H,21,25)/t13-,14-/m1/s1. The number of hydrogen-bond acceptors (Lipinski definition) is 5. The molecule has 146 valence electrons. The van der Waals surface area contributed by atoms with E-state index in [2.05, 4.69) is 29.2 Å². The quantitative estimate of drug-likeness (QED) is 0.709. The predicted molar refractivity (Wildman–Crippen MR) is 103 cm³/mol. The number of benzene rings is 1. The number of aromatic nitrogens is 2. The molecule has 0 bridgehead atoms. The van der Waals surface area contributed by atoms with Gasteiger partial charge in [-0.1, -0.05) is 12.1 Å². The van der Waals surface area contributed by atoms with E-state index in [0.717, 1.165) is 30.7 Å². The lowest BCUT2D eigenvalue weighted by atomic mass is 10.2. The van der Waals surface area contributed by atoms with Crippen LogP contribution in [-0.4, -0.2) is 59.0 Å². The predicted octanol–water partition coefficient (Wildman–Crippen LogP) is 0.305. The van der Waals surface area contributed by atoms with Crippen molar-refractivity contribution in [2.45, 2.75) is 39.0 Å². The molecule has 1 aromatic carbocycles. The maximum atomic E-state index is 12.4. The summed E-state index contributed by atoms with van der Waals surface area (Å²) in [4.78, 5) is 38.9. The second-order valence-corrected chi connectivity index (χ2v) is 7.10. The van der Waals surface area contributed by atoms with Crippen molar-refractivity contribution in [3.05, 3.63) is 45.0 Å². The highest BCUT2D eigenvalue weighted by Crippen LogP contribution is 2.10. The number of H-pyrrole nitrogens is 1. The summed E-state index contributed by atoms with van der Waals surface area (Å²) in [6.07, 6.45) is 1.26. The summed E-state index contributed by atoms with van der Waals surface area (Å²) < 4.78 is 6.77. The van der Waals surface area contributed by atoms with Crippen LogP contribution in [0.2, 0.25) is 0 Å². The minimum absolute atomic E-state index is 0.204. The number of nitrogens with zero attached hydrogens (tertiary/aromatic N) is 2. The van der Waals surface area contributed by atoms with Crippen LogP contribution in [0.1, 0.15) is 20.3 Å². The highest BCUT2D eigenvalue weighted by molar-refractivity contribution is 5.81. The third-order valence-electron chi connectivity index (χ3n) is 4.65. The lowest BCUT2D eigenvalue weighted by Crippen LogP contribution is -2.46. The summed E-state index contributed by atoms with van der Waals surface area (Å²) in [7, 11) is 0. The fourth-order valence-corrected chi connectivity index (χ4v) is 3.55. The Morgan fingerprint density at radius 3 is 2.56 bits per heavy atom. The van der Waals surface area contributed by atoms with Gasteiger partial charge in [-0.15, -0.1) is 0 Å². The van der Waals surface area contributed by atoms with Crippen LogP contribution in [0.3, 0.4) is 0 Å². The van der Waals surface area contributed by atoms with Gasteiger partial charge in [0.15, 0.2) is 0 Å². The van der Waals surface area contributed by atoms with Gasteiger partial charge in [0.05, 0.1) is 23.0 Å². The Morgan fingerprint density at radius 1 is 1.19 bits per heavy atom. The first kappa shape index (κ1) is 19.3. The molecule has 8 heteroatoms. The van der Waals surface area contributed by atoms with E-state index in [4.69, 9.17) is 4.74 Å². The number of nitrogens with one attached hydrogen (secondary N) is 2. The number of fused-ring (bicyclic) bond motifs is 1. The number of amides is 1. The Balaban J connectivity index is 1.51. The van der Waals surface area contributed by atoms with Crippen molar-refractivity contribution >= 4 is 16.7 Å². The number of morpholine rings is 1. The molecule has 1 aromatic heterocycles. The molecule has 2 heterocycles. The molecule has 1 saturated heterocycles. The Morgan fingerprint density at radius 2 is 1.85 bits per heavy atom. The zero-order chi connectivity index (χ0) is 19.4. The Labute approximate surface area is 157 Å². The van der Waals surface area contributed by atoms with Crippen LogP contribution in [0.5, 0.6) is 0 Å². The molecular formula is C19H26N4O4. The monoisotopic (exact) mass is 374 g/mol. The van der Waals surface area contributed by atoms with Crippen molar-refractivity contribution in [3.8, 4) is 0 Å². The lowest BCUT2D eigenvalue weighted by molar-refractivity contribution is -0.122. The average molecular weight is 374 g/mol. The van der Waals surface area contributed by atoms with E-state index in [1.54, 1.807) is 24.3 Å². The topological polar surface area (TPSA) is 96.4 Å². The molecule has 2 aromatic rings. The molecule has 1 aliphatic rings. The smallest absolute Gasteiger partial charge is 0.273 e. The second kappa shape index (κ2) is 8.49. The summed E-state index contributed by atoms with van der Waals surface area (Å²) >= 11 is 0. The number of carbonyl (C=O) groups excluding carboxylic acids is 1. The van der Waals surface area contributed by atoms with E-state index in [0.29, 0.717) is 17.3 Å². The van der Waals surface area contributed by atoms with Crippen LogP contribution >= 0.6 is 0 Å². The molecule has 8 nitrogen and oxygen atoms in total. The fourth-order valence-electron chi connectivity index (χ4n) is 3.55. The second-order valence-electron chi connectivity index (χ2n) is 7.10. The van der Waals surface area contributed by atoms with Crippen LogP contribution < -0.4 is 16.4 Å². The van der Waals surface area contributed by atoms with E-state index < -0.39 is 0 Å². The minimum atomic E-state index is -0.381. The van der Waals surface area contributed by atoms with Crippen LogP contribution in [0.4, 0.5) is 0 Å². The average Bonchev–Trinajstić information content (AvgIpc) is 2.62. The van der Waals surface area contributed by atoms with Crippen molar-refractivity contribution in [1.82, 2.24) is 20.0 Å². The molecule has 27 heavy (non-hydrogen) atoms. The Bertz CT molecular complexity index is 910. The first-order valence-corrected chi connectivity index (χ1v) is 9.30. The molecule has 1 aliphatic heterocycles. The molecule has 0 unspecified atom stereocenters.